The maximum Gasteiger partial charge on any atom is 0.291 e. The van der Waals surface area contributed by atoms with E-state index < -0.39 is 23.3 Å². The zero-order valence-corrected chi connectivity index (χ0v) is 10.9. The smallest absolute Gasteiger partial charge is 0.291 e. The molecule has 10 heteroatoms. The highest BCUT2D eigenvalue weighted by atomic mass is 19.2. The van der Waals surface area contributed by atoms with E-state index in [2.05, 4.69) is 5.10 Å². The summed E-state index contributed by atoms with van der Waals surface area (Å²) in [5.41, 5.74) is 0.227. The number of hydrogen-bond acceptors (Lipinski definition) is 6. The first kappa shape index (κ1) is 16.3. The van der Waals surface area contributed by atoms with Gasteiger partial charge in [0.1, 0.15) is 13.0 Å². The second-order valence-corrected chi connectivity index (χ2v) is 4.06. The molecule has 21 heavy (non-hydrogen) atoms. The Morgan fingerprint density at radius 3 is 2.43 bits per heavy atom. The molecule has 1 aliphatic heterocycles. The first-order valence-corrected chi connectivity index (χ1v) is 5.61. The minimum Gasteiger partial charge on any atom is -0.328 e. The van der Waals surface area contributed by atoms with Crippen molar-refractivity contribution in [2.24, 2.45) is 5.10 Å². The molecule has 0 saturated heterocycles. The maximum absolute atomic E-state index is 14.3. The number of benzene rings is 1. The molecule has 1 aromatic rings. The van der Waals surface area contributed by atoms with Crippen LogP contribution >= 0.6 is 0 Å². The summed E-state index contributed by atoms with van der Waals surface area (Å²) < 4.78 is 27.1. The van der Waals surface area contributed by atoms with Crippen molar-refractivity contribution in [3.8, 4) is 0 Å². The van der Waals surface area contributed by atoms with Gasteiger partial charge >= 0.3 is 0 Å². The van der Waals surface area contributed by atoms with Gasteiger partial charge in [0.25, 0.3) is 10.9 Å². The first-order chi connectivity index (χ1) is 9.75. The number of hydrogen-bond donors (Lipinski definition) is 1. The third-order valence-corrected chi connectivity index (χ3v) is 2.52. The standard InChI is InChI=1S/C11H11F2N3O.HNO3/c1-11(12,16-8-15(13)7-14-16)10(17)9-5-3-2-4-6-9;2-1(3)4/h2-7H,8H2,1H3;(H,2,3,4). The average molecular weight is 302 g/mol. The van der Waals surface area contributed by atoms with Crippen LogP contribution in [0.2, 0.25) is 0 Å². The van der Waals surface area contributed by atoms with Crippen LogP contribution in [0.25, 0.3) is 0 Å². The van der Waals surface area contributed by atoms with Crippen molar-refractivity contribution in [3.63, 3.8) is 0 Å². The number of nitrogens with zero attached hydrogens (tertiary/aromatic N) is 4. The van der Waals surface area contributed by atoms with Gasteiger partial charge in [0, 0.05) is 5.56 Å². The summed E-state index contributed by atoms with van der Waals surface area (Å²) in [4.78, 5) is 20.3. The van der Waals surface area contributed by atoms with E-state index in [4.69, 9.17) is 15.3 Å². The van der Waals surface area contributed by atoms with Gasteiger partial charge in [0.15, 0.2) is 0 Å². The Balaban J connectivity index is 0.000000491. The van der Waals surface area contributed by atoms with E-state index in [-0.39, 0.29) is 10.7 Å². The van der Waals surface area contributed by atoms with E-state index in [1.165, 1.54) is 12.1 Å². The van der Waals surface area contributed by atoms with Gasteiger partial charge in [-0.3, -0.25) is 4.79 Å². The normalized spacial score (nSPS) is 16.0. The number of rotatable bonds is 3. The van der Waals surface area contributed by atoms with Gasteiger partial charge in [0.2, 0.25) is 5.78 Å². The molecule has 1 unspecified atom stereocenters. The van der Waals surface area contributed by atoms with Crippen LogP contribution in [0.1, 0.15) is 17.3 Å². The average Bonchev–Trinajstić information content (AvgIpc) is 2.85. The Morgan fingerprint density at radius 1 is 1.48 bits per heavy atom. The highest BCUT2D eigenvalue weighted by Crippen LogP contribution is 2.25. The van der Waals surface area contributed by atoms with Crippen LogP contribution in [0.3, 0.4) is 0 Å². The number of halogens is 2. The fraction of sp³-hybridized carbons (Fsp3) is 0.273. The Hall–Kier alpha value is -2.78. The summed E-state index contributed by atoms with van der Waals surface area (Å²) >= 11 is 0. The van der Waals surface area contributed by atoms with Crippen molar-refractivity contribution in [1.29, 1.82) is 0 Å². The Bertz CT molecular complexity index is 534. The zero-order valence-electron chi connectivity index (χ0n) is 10.9. The molecule has 2 rings (SSSR count). The van der Waals surface area contributed by atoms with Gasteiger partial charge in [-0.25, -0.2) is 9.40 Å². The molecule has 0 amide bonds. The quantitative estimate of drug-likeness (QED) is 0.299. The summed E-state index contributed by atoms with van der Waals surface area (Å²) in [6.07, 6.45) is 0.829. The number of ketones is 1. The molecule has 114 valence electrons. The maximum atomic E-state index is 14.3. The minimum atomic E-state index is -2.36. The van der Waals surface area contributed by atoms with Crippen molar-refractivity contribution in [2.75, 3.05) is 6.67 Å². The Labute approximate surface area is 117 Å². The predicted octanol–water partition coefficient (Wildman–Crippen LogP) is 1.61. The van der Waals surface area contributed by atoms with E-state index in [9.17, 15) is 13.7 Å². The van der Waals surface area contributed by atoms with Crippen LogP contribution in [0.15, 0.2) is 35.4 Å². The van der Waals surface area contributed by atoms with Crippen molar-refractivity contribution < 1.29 is 24.0 Å². The van der Waals surface area contributed by atoms with Crippen LogP contribution in [-0.4, -0.2) is 45.0 Å². The monoisotopic (exact) mass is 302 g/mol. The lowest BCUT2D eigenvalue weighted by molar-refractivity contribution is -0.742. The van der Waals surface area contributed by atoms with Crippen molar-refractivity contribution in [3.05, 3.63) is 46.0 Å². The third kappa shape index (κ3) is 4.37. The van der Waals surface area contributed by atoms with Crippen molar-refractivity contribution in [1.82, 2.24) is 10.1 Å². The molecular formula is C11H12F2N4O4. The lowest BCUT2D eigenvalue weighted by atomic mass is 10.0. The predicted molar refractivity (Wildman–Crippen MR) is 67.2 cm³/mol. The molecule has 0 aliphatic carbocycles. The van der Waals surface area contributed by atoms with Gasteiger partial charge in [-0.15, -0.1) is 10.1 Å². The second kappa shape index (κ2) is 6.59. The highest BCUT2D eigenvalue weighted by molar-refractivity contribution is 6.01. The molecule has 1 aromatic carbocycles. The number of Topliss-reactive ketones (excluding diaryl/α,β-unsaturated/α-hetero) is 1. The number of hydrazone groups is 1. The molecule has 1 N–H and O–H groups in total. The van der Waals surface area contributed by atoms with Gasteiger partial charge in [-0.05, 0) is 6.92 Å². The molecule has 1 atom stereocenters. The Morgan fingerprint density at radius 2 is 2.00 bits per heavy atom. The lowest BCUT2D eigenvalue weighted by Crippen LogP contribution is -2.46. The van der Waals surface area contributed by atoms with Crippen LogP contribution in [0, 0.1) is 10.1 Å². The van der Waals surface area contributed by atoms with Crippen LogP contribution < -0.4 is 0 Å². The van der Waals surface area contributed by atoms with E-state index in [0.717, 1.165) is 18.3 Å². The fourth-order valence-corrected chi connectivity index (χ4v) is 1.53. The number of carbonyl (C=O) groups excluding carboxylic acids is 1. The molecule has 0 saturated carbocycles. The summed E-state index contributed by atoms with van der Waals surface area (Å²) in [6, 6.07) is 8.01. The molecule has 1 aliphatic rings. The van der Waals surface area contributed by atoms with Crippen molar-refractivity contribution in [2.45, 2.75) is 12.7 Å². The summed E-state index contributed by atoms with van der Waals surface area (Å²) in [7, 11) is 0. The van der Waals surface area contributed by atoms with Gasteiger partial charge in [-0.2, -0.15) is 10.2 Å². The number of alkyl halides is 1. The highest BCUT2D eigenvalue weighted by Gasteiger charge is 2.42. The second-order valence-electron chi connectivity index (χ2n) is 4.06. The van der Waals surface area contributed by atoms with Crippen molar-refractivity contribution >= 4 is 12.1 Å². The molecular weight excluding hydrogens is 290 g/mol. The SMILES string of the molecule is CC(F)(C(=O)c1ccccc1)N1CN(F)C=N1.O=[N+]([O-])O. The topological polar surface area (TPSA) is 99.3 Å². The molecule has 1 heterocycles. The summed E-state index contributed by atoms with van der Waals surface area (Å²) in [5, 5.41) is 18.1. The molecule has 0 spiro atoms. The zero-order chi connectivity index (χ0) is 16.0. The van der Waals surface area contributed by atoms with E-state index >= 15 is 0 Å². The van der Waals surface area contributed by atoms with Crippen LogP contribution in [-0.2, 0) is 0 Å². The molecule has 0 aromatic heterocycles. The molecule has 0 radical (unpaired) electrons. The van der Waals surface area contributed by atoms with E-state index in [0.29, 0.717) is 0 Å². The van der Waals surface area contributed by atoms with Gasteiger partial charge < -0.3 is 5.21 Å². The largest absolute Gasteiger partial charge is 0.328 e. The summed E-state index contributed by atoms with van der Waals surface area (Å²) in [5.74, 6) is -3.11. The van der Waals surface area contributed by atoms with E-state index in [1.807, 2.05) is 0 Å². The third-order valence-electron chi connectivity index (χ3n) is 2.52. The Kier molecular flexibility index (Phi) is 5.11. The summed E-state index contributed by atoms with van der Waals surface area (Å²) in [6.45, 7) is 0.671. The van der Waals surface area contributed by atoms with E-state index in [1.54, 1.807) is 18.2 Å². The van der Waals surface area contributed by atoms with Crippen LogP contribution in [0.4, 0.5) is 8.87 Å². The molecule has 8 nitrogen and oxygen atoms in total. The minimum absolute atomic E-state index is 0.204. The number of carbonyl (C=O) groups is 1. The first-order valence-electron chi connectivity index (χ1n) is 5.61. The van der Waals surface area contributed by atoms with Crippen LogP contribution in [0.5, 0.6) is 0 Å². The fourth-order valence-electron chi connectivity index (χ4n) is 1.53. The van der Waals surface area contributed by atoms with Gasteiger partial charge in [-0.1, -0.05) is 34.8 Å². The molecule has 0 bridgehead atoms. The molecule has 0 fully saturated rings. The lowest BCUT2D eigenvalue weighted by Gasteiger charge is -2.27. The van der Waals surface area contributed by atoms with Gasteiger partial charge in [0.05, 0.1) is 0 Å².